The van der Waals surface area contributed by atoms with Crippen LogP contribution in [-0.2, 0) is 4.79 Å². The van der Waals surface area contributed by atoms with Crippen LogP contribution >= 0.6 is 35.0 Å². The zero-order chi connectivity index (χ0) is 15.9. The Morgan fingerprint density at radius 3 is 2.64 bits per heavy atom. The molecule has 2 aromatic carbocycles. The number of amides is 1. The van der Waals surface area contributed by atoms with E-state index in [1.807, 2.05) is 12.1 Å². The summed E-state index contributed by atoms with van der Waals surface area (Å²) in [4.78, 5) is 12.6. The predicted octanol–water partition coefficient (Wildman–Crippen LogP) is 4.37. The van der Waals surface area contributed by atoms with Crippen molar-refractivity contribution < 1.29 is 9.18 Å². The van der Waals surface area contributed by atoms with Crippen LogP contribution in [0.5, 0.6) is 0 Å². The molecule has 0 aliphatic heterocycles. The molecule has 0 bridgehead atoms. The summed E-state index contributed by atoms with van der Waals surface area (Å²) in [6.45, 7) is 0. The van der Waals surface area contributed by atoms with E-state index in [-0.39, 0.29) is 22.2 Å². The van der Waals surface area contributed by atoms with Crippen LogP contribution in [0.15, 0.2) is 52.5 Å². The highest BCUT2D eigenvalue weighted by Crippen LogP contribution is 2.20. The zero-order valence-corrected chi connectivity index (χ0v) is 13.6. The minimum Gasteiger partial charge on any atom is -0.272 e. The van der Waals surface area contributed by atoms with Gasteiger partial charge in [0.2, 0.25) is 5.91 Å². The van der Waals surface area contributed by atoms with E-state index in [4.69, 9.17) is 23.2 Å². The Labute approximate surface area is 141 Å². The van der Waals surface area contributed by atoms with Gasteiger partial charge in [-0.05, 0) is 36.4 Å². The molecule has 0 heterocycles. The summed E-state index contributed by atoms with van der Waals surface area (Å²) in [6, 6.07) is 11.5. The van der Waals surface area contributed by atoms with E-state index in [9.17, 15) is 9.18 Å². The lowest BCUT2D eigenvalue weighted by Gasteiger charge is -2.02. The normalized spacial score (nSPS) is 10.9. The van der Waals surface area contributed by atoms with Gasteiger partial charge < -0.3 is 0 Å². The van der Waals surface area contributed by atoms with Crippen LogP contribution in [0.4, 0.5) is 4.39 Å². The molecule has 2 rings (SSSR count). The first-order valence-corrected chi connectivity index (χ1v) is 7.94. The highest BCUT2D eigenvalue weighted by Gasteiger charge is 2.05. The molecule has 1 amide bonds. The third-order valence-electron chi connectivity index (χ3n) is 2.57. The number of hydrazone groups is 1. The topological polar surface area (TPSA) is 41.5 Å². The van der Waals surface area contributed by atoms with Crippen molar-refractivity contribution in [2.45, 2.75) is 4.90 Å². The molecule has 0 fully saturated rings. The van der Waals surface area contributed by atoms with E-state index in [1.54, 1.807) is 18.2 Å². The number of carbonyl (C=O) groups excluding carboxylic acids is 1. The third kappa shape index (κ3) is 5.02. The number of thioether (sulfide) groups is 1. The fourth-order valence-corrected chi connectivity index (χ4v) is 2.54. The van der Waals surface area contributed by atoms with E-state index in [2.05, 4.69) is 10.5 Å². The molecule has 3 nitrogen and oxygen atoms in total. The minimum atomic E-state index is -0.499. The smallest absolute Gasteiger partial charge is 0.250 e. The van der Waals surface area contributed by atoms with Gasteiger partial charge in [0, 0.05) is 15.5 Å². The SMILES string of the molecule is O=C(CSc1ccc(Cl)cc1)N/N=C\c1c(F)cccc1Cl. The standard InChI is InChI=1S/C15H11Cl2FN2OS/c16-10-4-6-11(7-5-10)22-9-15(21)20-19-8-12-13(17)2-1-3-14(12)18/h1-8H,9H2,(H,20,21)/b19-8-. The number of nitrogens with zero attached hydrogens (tertiary/aromatic N) is 1. The summed E-state index contributed by atoms with van der Waals surface area (Å²) in [5.41, 5.74) is 2.46. The molecule has 22 heavy (non-hydrogen) atoms. The number of hydrogen-bond donors (Lipinski definition) is 1. The van der Waals surface area contributed by atoms with Crippen molar-refractivity contribution in [2.24, 2.45) is 5.10 Å². The van der Waals surface area contributed by atoms with Crippen LogP contribution in [0, 0.1) is 5.82 Å². The minimum absolute atomic E-state index is 0.134. The van der Waals surface area contributed by atoms with Gasteiger partial charge in [0.1, 0.15) is 5.82 Å². The average molecular weight is 357 g/mol. The second-order valence-corrected chi connectivity index (χ2v) is 6.06. The molecule has 0 saturated heterocycles. The van der Waals surface area contributed by atoms with Gasteiger partial charge in [-0.25, -0.2) is 9.82 Å². The number of benzene rings is 2. The molecule has 0 aliphatic rings. The number of carbonyl (C=O) groups is 1. The molecule has 0 atom stereocenters. The summed E-state index contributed by atoms with van der Waals surface area (Å²) in [5, 5.41) is 4.58. The van der Waals surface area contributed by atoms with Crippen LogP contribution in [0.2, 0.25) is 10.0 Å². The number of nitrogens with one attached hydrogen (secondary N) is 1. The van der Waals surface area contributed by atoms with Crippen molar-refractivity contribution in [3.63, 3.8) is 0 Å². The van der Waals surface area contributed by atoms with Gasteiger partial charge in [-0.15, -0.1) is 11.8 Å². The van der Waals surface area contributed by atoms with Crippen LogP contribution < -0.4 is 5.43 Å². The van der Waals surface area contributed by atoms with Crippen molar-refractivity contribution in [1.29, 1.82) is 0 Å². The maximum Gasteiger partial charge on any atom is 0.250 e. The molecule has 0 aliphatic carbocycles. The molecule has 7 heteroatoms. The molecular formula is C15H11Cl2FN2OS. The Kier molecular flexibility index (Phi) is 6.24. The number of halogens is 3. The van der Waals surface area contributed by atoms with E-state index in [0.29, 0.717) is 5.02 Å². The Hall–Kier alpha value is -1.56. The third-order valence-corrected chi connectivity index (χ3v) is 4.16. The molecule has 2 aromatic rings. The Balaban J connectivity index is 1.85. The van der Waals surface area contributed by atoms with Crippen LogP contribution in [0.3, 0.4) is 0 Å². The van der Waals surface area contributed by atoms with Crippen molar-refractivity contribution in [3.05, 3.63) is 63.9 Å². The Morgan fingerprint density at radius 1 is 1.23 bits per heavy atom. The quantitative estimate of drug-likeness (QED) is 0.490. The second-order valence-electron chi connectivity index (χ2n) is 4.17. The Bertz CT molecular complexity index is 672. The van der Waals surface area contributed by atoms with Gasteiger partial charge in [-0.1, -0.05) is 29.3 Å². The zero-order valence-electron chi connectivity index (χ0n) is 11.2. The molecule has 0 radical (unpaired) electrons. The maximum absolute atomic E-state index is 13.5. The summed E-state index contributed by atoms with van der Waals surface area (Å²) in [7, 11) is 0. The first-order valence-electron chi connectivity index (χ1n) is 6.20. The summed E-state index contributed by atoms with van der Waals surface area (Å²) in [6.07, 6.45) is 1.18. The van der Waals surface area contributed by atoms with Gasteiger partial charge in [0.15, 0.2) is 0 Å². The molecule has 114 valence electrons. The highest BCUT2D eigenvalue weighted by atomic mass is 35.5. The van der Waals surface area contributed by atoms with Gasteiger partial charge in [-0.3, -0.25) is 4.79 Å². The van der Waals surface area contributed by atoms with E-state index in [0.717, 1.165) is 4.90 Å². The largest absolute Gasteiger partial charge is 0.272 e. The Morgan fingerprint density at radius 2 is 1.95 bits per heavy atom. The van der Waals surface area contributed by atoms with E-state index < -0.39 is 5.82 Å². The van der Waals surface area contributed by atoms with Crippen molar-refractivity contribution >= 4 is 47.1 Å². The fourth-order valence-electron chi connectivity index (χ4n) is 1.51. The van der Waals surface area contributed by atoms with E-state index in [1.165, 1.54) is 30.1 Å². The van der Waals surface area contributed by atoms with Gasteiger partial charge in [0.05, 0.1) is 17.0 Å². The lowest BCUT2D eigenvalue weighted by molar-refractivity contribution is -0.118. The van der Waals surface area contributed by atoms with Crippen molar-refractivity contribution in [1.82, 2.24) is 5.43 Å². The lowest BCUT2D eigenvalue weighted by Crippen LogP contribution is -2.19. The number of hydrogen-bond acceptors (Lipinski definition) is 3. The maximum atomic E-state index is 13.5. The molecule has 0 unspecified atom stereocenters. The monoisotopic (exact) mass is 356 g/mol. The average Bonchev–Trinajstić information content (AvgIpc) is 2.50. The van der Waals surface area contributed by atoms with Gasteiger partial charge >= 0.3 is 0 Å². The lowest BCUT2D eigenvalue weighted by atomic mass is 10.2. The second kappa shape index (κ2) is 8.17. The number of rotatable bonds is 5. The van der Waals surface area contributed by atoms with Crippen LogP contribution in [0.1, 0.15) is 5.56 Å². The van der Waals surface area contributed by atoms with Crippen LogP contribution in [0.25, 0.3) is 0 Å². The molecule has 1 N–H and O–H groups in total. The fraction of sp³-hybridized carbons (Fsp3) is 0.0667. The van der Waals surface area contributed by atoms with Crippen LogP contribution in [-0.4, -0.2) is 17.9 Å². The molecule has 0 saturated carbocycles. The summed E-state index contributed by atoms with van der Waals surface area (Å²) < 4.78 is 13.5. The first-order chi connectivity index (χ1) is 10.6. The first kappa shape index (κ1) is 16.8. The van der Waals surface area contributed by atoms with E-state index >= 15 is 0 Å². The summed E-state index contributed by atoms with van der Waals surface area (Å²) in [5.74, 6) is -0.617. The summed E-state index contributed by atoms with van der Waals surface area (Å²) >= 11 is 13.0. The van der Waals surface area contributed by atoms with Gasteiger partial charge in [-0.2, -0.15) is 5.10 Å². The molecule has 0 aromatic heterocycles. The molecular weight excluding hydrogens is 346 g/mol. The highest BCUT2D eigenvalue weighted by molar-refractivity contribution is 8.00. The predicted molar refractivity (Wildman–Crippen MR) is 89.3 cm³/mol. The molecule has 0 spiro atoms. The van der Waals surface area contributed by atoms with Crippen molar-refractivity contribution in [3.8, 4) is 0 Å². The van der Waals surface area contributed by atoms with Crippen molar-refractivity contribution in [2.75, 3.05) is 5.75 Å². The van der Waals surface area contributed by atoms with Gasteiger partial charge in [0.25, 0.3) is 0 Å².